The summed E-state index contributed by atoms with van der Waals surface area (Å²) in [5, 5.41) is 0. The number of alkyl halides is 3. The molecule has 0 saturated carbocycles. The van der Waals surface area contributed by atoms with Crippen molar-refractivity contribution in [1.29, 1.82) is 0 Å². The van der Waals surface area contributed by atoms with Crippen molar-refractivity contribution in [3.8, 4) is 0 Å². The molecular weight excluding hydrogens is 265 g/mol. The van der Waals surface area contributed by atoms with Crippen LogP contribution in [-0.4, -0.2) is 18.5 Å². The van der Waals surface area contributed by atoms with Crippen molar-refractivity contribution < 1.29 is 42.2 Å². The molecule has 0 radical (unpaired) electrons. The summed E-state index contributed by atoms with van der Waals surface area (Å²) in [6.45, 7) is 0. The number of hydrogen-bond donors (Lipinski definition) is 0. The molecule has 8 heteroatoms. The zero-order valence-corrected chi connectivity index (χ0v) is 8.48. The zero-order valence-electron chi connectivity index (χ0n) is 6.56. The van der Waals surface area contributed by atoms with Crippen molar-refractivity contribution in [3.05, 3.63) is 22.7 Å². The summed E-state index contributed by atoms with van der Waals surface area (Å²) in [6.07, 6.45) is 7.21. The van der Waals surface area contributed by atoms with E-state index in [-0.39, 0.29) is 0 Å². The third-order valence-corrected chi connectivity index (χ3v) is 1.98. The minimum absolute atomic E-state index is 1.06. The van der Waals surface area contributed by atoms with Crippen molar-refractivity contribution in [2.75, 3.05) is 0 Å². The molecule has 0 fully saturated rings. The van der Waals surface area contributed by atoms with Crippen LogP contribution in [0, 0.1) is 0 Å². The van der Waals surface area contributed by atoms with E-state index in [4.69, 9.17) is 13.0 Å². The molecule has 0 aromatic heterocycles. The van der Waals surface area contributed by atoms with Crippen LogP contribution in [-0.2, 0) is 26.1 Å². The van der Waals surface area contributed by atoms with Crippen LogP contribution in [0.1, 0.15) is 6.42 Å². The molecule has 0 aliphatic heterocycles. The number of halogens is 3. The van der Waals surface area contributed by atoms with E-state index in [1.165, 1.54) is 4.47 Å². The molecule has 0 spiro atoms. The molecule has 0 atom stereocenters. The van der Waals surface area contributed by atoms with Crippen LogP contribution in [0.4, 0.5) is 13.2 Å². The predicted octanol–water partition coefficient (Wildman–Crippen LogP) is 1.43. The molecule has 0 aromatic carbocycles. The van der Waals surface area contributed by atoms with Gasteiger partial charge in [-0.1, -0.05) is 0 Å². The zero-order chi connectivity index (χ0) is 11.4. The van der Waals surface area contributed by atoms with Gasteiger partial charge in [0.15, 0.2) is 10.1 Å². The van der Waals surface area contributed by atoms with Crippen LogP contribution in [0.15, 0.2) is 22.7 Å². The van der Waals surface area contributed by atoms with Gasteiger partial charge < -0.3 is 4.55 Å². The maximum atomic E-state index is 10.7. The Morgan fingerprint density at radius 2 is 1.86 bits per heavy atom. The first-order valence-corrected chi connectivity index (χ1v) is 5.13. The van der Waals surface area contributed by atoms with Gasteiger partial charge in [0.2, 0.25) is 0 Å². The standard InChI is InChI=1S/C5H5.CHF3O3S.Fe/c1-2-4-5-3-1;2-1(3,4)8(5,6)7;/h1-3H,4H2;(H,5,6,7);/q;;+1/p-1. The van der Waals surface area contributed by atoms with Gasteiger partial charge in [-0.2, -0.15) is 13.2 Å². The Kier molecular flexibility index (Phi) is 4.86. The van der Waals surface area contributed by atoms with Crippen molar-refractivity contribution in [3.63, 3.8) is 0 Å². The van der Waals surface area contributed by atoms with Crippen LogP contribution in [0.5, 0.6) is 0 Å². The average molecular weight is 270 g/mol. The monoisotopic (exact) mass is 270 g/mol. The van der Waals surface area contributed by atoms with Crippen LogP contribution in [0.2, 0.25) is 0 Å². The molecule has 0 unspecified atom stereocenters. The van der Waals surface area contributed by atoms with Crippen molar-refractivity contribution >= 4 is 10.1 Å². The SMILES string of the molecule is O=S(=O)([O-])C(F)(F)F.[Fe+][C]1=CC=CC1. The Morgan fingerprint density at radius 1 is 1.43 bits per heavy atom. The molecule has 0 amide bonds. The van der Waals surface area contributed by atoms with E-state index in [1.54, 1.807) is 0 Å². The minimum atomic E-state index is -6.09. The fraction of sp³-hybridized carbons (Fsp3) is 0.333. The first-order valence-electron chi connectivity index (χ1n) is 3.16. The van der Waals surface area contributed by atoms with E-state index in [0.29, 0.717) is 0 Å². The topological polar surface area (TPSA) is 57.2 Å². The Labute approximate surface area is 87.2 Å². The molecule has 3 nitrogen and oxygen atoms in total. The van der Waals surface area contributed by atoms with E-state index < -0.39 is 15.6 Å². The van der Waals surface area contributed by atoms with Crippen molar-refractivity contribution in [2.45, 2.75) is 11.9 Å². The quantitative estimate of drug-likeness (QED) is 0.380. The first-order chi connectivity index (χ1) is 6.14. The molecule has 0 heterocycles. The molecule has 14 heavy (non-hydrogen) atoms. The van der Waals surface area contributed by atoms with Gasteiger partial charge in [-0.25, -0.2) is 8.42 Å². The Balaban J connectivity index is 0.000000249. The molecule has 82 valence electrons. The number of hydrogen-bond acceptors (Lipinski definition) is 3. The van der Waals surface area contributed by atoms with Crippen LogP contribution in [0.3, 0.4) is 0 Å². The summed E-state index contributed by atoms with van der Waals surface area (Å²) in [6, 6.07) is 0. The third kappa shape index (κ3) is 5.43. The maximum absolute atomic E-state index is 10.7. The fourth-order valence-corrected chi connectivity index (χ4v) is 0.652. The summed E-state index contributed by atoms with van der Waals surface area (Å²) in [4.78, 5) is 0. The average Bonchev–Trinajstić information content (AvgIpc) is 2.35. The summed E-state index contributed by atoms with van der Waals surface area (Å²) < 4.78 is 60.1. The van der Waals surface area contributed by atoms with E-state index in [2.05, 4.69) is 22.1 Å². The number of rotatable bonds is 0. The second kappa shape index (κ2) is 4.97. The third-order valence-electron chi connectivity index (χ3n) is 1.00. The van der Waals surface area contributed by atoms with E-state index in [9.17, 15) is 13.2 Å². The van der Waals surface area contributed by atoms with Crippen LogP contribution in [0.25, 0.3) is 0 Å². The van der Waals surface area contributed by atoms with Gasteiger partial charge >= 0.3 is 50.6 Å². The molecule has 0 saturated heterocycles. The van der Waals surface area contributed by atoms with E-state index >= 15 is 0 Å². The van der Waals surface area contributed by atoms with Gasteiger partial charge in [-0.3, -0.25) is 0 Å². The summed E-state index contributed by atoms with van der Waals surface area (Å²) in [7, 11) is -6.09. The van der Waals surface area contributed by atoms with E-state index in [0.717, 1.165) is 6.42 Å². The van der Waals surface area contributed by atoms with Gasteiger partial charge in [-0.15, -0.1) is 0 Å². The normalized spacial score (nSPS) is 15.9. The Bertz CT molecular complexity index is 342. The second-order valence-electron chi connectivity index (χ2n) is 2.13. The fourth-order valence-electron chi connectivity index (χ4n) is 0.416. The molecule has 1 aliphatic carbocycles. The molecule has 0 aromatic rings. The Morgan fingerprint density at radius 3 is 1.93 bits per heavy atom. The molecule has 0 bridgehead atoms. The van der Waals surface area contributed by atoms with Gasteiger partial charge in [0, 0.05) is 0 Å². The van der Waals surface area contributed by atoms with E-state index in [1.807, 2.05) is 12.2 Å². The van der Waals surface area contributed by atoms with Gasteiger partial charge in [-0.05, 0) is 0 Å². The van der Waals surface area contributed by atoms with Crippen molar-refractivity contribution in [2.24, 2.45) is 0 Å². The summed E-state index contributed by atoms with van der Waals surface area (Å²) in [5.41, 5.74) is -5.65. The molecule has 1 rings (SSSR count). The van der Waals surface area contributed by atoms with Gasteiger partial charge in [0.25, 0.3) is 0 Å². The Hall–Kier alpha value is -0.301. The predicted molar refractivity (Wildman–Crippen MR) is 37.6 cm³/mol. The van der Waals surface area contributed by atoms with Crippen LogP contribution < -0.4 is 0 Å². The molecule has 0 N–H and O–H groups in total. The second-order valence-corrected chi connectivity index (χ2v) is 4.21. The van der Waals surface area contributed by atoms with Gasteiger partial charge in [0.1, 0.15) is 0 Å². The number of allylic oxidation sites excluding steroid dienone is 4. The first kappa shape index (κ1) is 13.7. The van der Waals surface area contributed by atoms with Gasteiger partial charge in [0.05, 0.1) is 0 Å². The molecular formula is C6H5F3FeO3S. The van der Waals surface area contributed by atoms with Crippen molar-refractivity contribution in [1.82, 2.24) is 0 Å². The van der Waals surface area contributed by atoms with Crippen LogP contribution >= 0.6 is 0 Å². The summed E-state index contributed by atoms with van der Waals surface area (Å²) >= 11 is 3.74. The summed E-state index contributed by atoms with van der Waals surface area (Å²) in [5.74, 6) is 0. The molecule has 1 aliphatic rings.